The molecule has 4 rings (SSSR count). The lowest BCUT2D eigenvalue weighted by atomic mass is 10.2. The average molecular weight is 441 g/mol. The Morgan fingerprint density at radius 3 is 2.39 bits per heavy atom. The number of hydrogen-bond acceptors (Lipinski definition) is 7. The monoisotopic (exact) mass is 441 g/mol. The largest absolute Gasteiger partial charge is 0.496 e. The predicted molar refractivity (Wildman–Crippen MR) is 113 cm³/mol. The van der Waals surface area contributed by atoms with Gasteiger partial charge >= 0.3 is 10.1 Å². The van der Waals surface area contributed by atoms with E-state index in [4.69, 9.17) is 18.4 Å². The van der Waals surface area contributed by atoms with Crippen LogP contribution in [-0.4, -0.2) is 34.6 Å². The van der Waals surface area contributed by atoms with Crippen LogP contribution in [0.25, 0.3) is 0 Å². The lowest BCUT2D eigenvalue weighted by molar-refractivity contribution is 0.102. The highest BCUT2D eigenvalue weighted by molar-refractivity contribution is 7.87. The van der Waals surface area contributed by atoms with Gasteiger partial charge in [-0.1, -0.05) is 12.1 Å². The fourth-order valence-electron chi connectivity index (χ4n) is 2.98. The maximum Gasteiger partial charge on any atom is 0.339 e. The van der Waals surface area contributed by atoms with Crippen molar-refractivity contribution in [3.05, 3.63) is 72.3 Å². The van der Waals surface area contributed by atoms with Gasteiger partial charge < -0.3 is 23.7 Å². The summed E-state index contributed by atoms with van der Waals surface area (Å²) in [6.45, 7) is 0.759. The van der Waals surface area contributed by atoms with Crippen molar-refractivity contribution in [2.45, 2.75) is 4.90 Å². The third-order valence-corrected chi connectivity index (χ3v) is 5.72. The summed E-state index contributed by atoms with van der Waals surface area (Å²) < 4.78 is 46.4. The first-order valence-electron chi connectivity index (χ1n) is 9.35. The maximum atomic E-state index is 12.6. The van der Waals surface area contributed by atoms with E-state index in [-0.39, 0.29) is 16.6 Å². The van der Waals surface area contributed by atoms with Crippen LogP contribution in [0, 0.1) is 0 Å². The van der Waals surface area contributed by atoms with Crippen LogP contribution in [0.15, 0.2) is 71.6 Å². The molecule has 0 spiro atoms. The Bertz CT molecular complexity index is 1210. The molecule has 3 aromatic carbocycles. The van der Waals surface area contributed by atoms with Gasteiger partial charge in [0.2, 0.25) is 0 Å². The van der Waals surface area contributed by atoms with Crippen LogP contribution in [0.2, 0.25) is 0 Å². The molecule has 0 aliphatic carbocycles. The average Bonchev–Trinajstić information content (AvgIpc) is 2.79. The number of fused-ring (bicyclic) bond motifs is 1. The van der Waals surface area contributed by atoms with E-state index in [1.165, 1.54) is 37.4 Å². The molecular weight excluding hydrogens is 422 g/mol. The Morgan fingerprint density at radius 2 is 1.65 bits per heavy atom. The molecule has 31 heavy (non-hydrogen) atoms. The molecule has 9 heteroatoms. The quantitative estimate of drug-likeness (QED) is 0.585. The van der Waals surface area contributed by atoms with Gasteiger partial charge in [-0.2, -0.15) is 8.42 Å². The van der Waals surface area contributed by atoms with Crippen LogP contribution in [0.1, 0.15) is 10.4 Å². The van der Waals surface area contributed by atoms with E-state index in [0.29, 0.717) is 41.7 Å². The van der Waals surface area contributed by atoms with E-state index in [0.717, 1.165) is 0 Å². The molecule has 0 saturated carbocycles. The number of nitrogens with one attached hydrogen (secondary N) is 1. The minimum absolute atomic E-state index is 0.0506. The van der Waals surface area contributed by atoms with Crippen LogP contribution in [0.3, 0.4) is 0 Å². The van der Waals surface area contributed by atoms with Crippen LogP contribution in [0.5, 0.6) is 23.0 Å². The minimum Gasteiger partial charge on any atom is -0.496 e. The number of methoxy groups -OCH3 is 1. The van der Waals surface area contributed by atoms with Gasteiger partial charge in [0.1, 0.15) is 29.6 Å². The van der Waals surface area contributed by atoms with E-state index in [1.807, 2.05) is 0 Å². The van der Waals surface area contributed by atoms with E-state index in [2.05, 4.69) is 5.32 Å². The summed E-state index contributed by atoms with van der Waals surface area (Å²) >= 11 is 0. The number of para-hydroxylation sites is 1. The molecule has 0 bridgehead atoms. The normalized spacial score (nSPS) is 12.7. The minimum atomic E-state index is -4.07. The van der Waals surface area contributed by atoms with Crippen molar-refractivity contribution in [1.82, 2.24) is 0 Å². The topological polar surface area (TPSA) is 100 Å². The first kappa shape index (κ1) is 20.5. The number of carbonyl (C=O) groups excluding carboxylic acids is 1. The fourth-order valence-corrected chi connectivity index (χ4v) is 3.93. The van der Waals surface area contributed by atoms with Gasteiger partial charge in [0, 0.05) is 11.8 Å². The molecule has 1 heterocycles. The maximum absolute atomic E-state index is 12.6. The summed E-state index contributed by atoms with van der Waals surface area (Å²) in [4.78, 5) is 12.4. The number of rotatable bonds is 6. The number of ether oxygens (including phenoxy) is 3. The van der Waals surface area contributed by atoms with Gasteiger partial charge in [-0.25, -0.2) is 0 Å². The number of anilines is 1. The fraction of sp³-hybridized carbons (Fsp3) is 0.136. The summed E-state index contributed by atoms with van der Waals surface area (Å²) in [6.07, 6.45) is 0. The van der Waals surface area contributed by atoms with Gasteiger partial charge in [0.15, 0.2) is 11.5 Å². The van der Waals surface area contributed by atoms with Crippen LogP contribution in [0.4, 0.5) is 5.69 Å². The summed E-state index contributed by atoms with van der Waals surface area (Å²) in [5, 5.41) is 2.73. The standard InChI is InChI=1S/C22H19NO7S/c1-27-19-5-3-2-4-18(19)22(24)23-15-6-8-16(9-7-15)30-31(25,26)17-10-11-20-21(14-17)29-13-12-28-20/h2-11,14H,12-13H2,1H3,(H,23,24). The molecule has 0 radical (unpaired) electrons. The lowest BCUT2D eigenvalue weighted by Gasteiger charge is -2.18. The molecule has 0 fully saturated rings. The molecule has 8 nitrogen and oxygen atoms in total. The molecule has 3 aromatic rings. The van der Waals surface area contributed by atoms with Crippen molar-refractivity contribution in [3.8, 4) is 23.0 Å². The second-order valence-electron chi connectivity index (χ2n) is 6.52. The van der Waals surface area contributed by atoms with Crippen molar-refractivity contribution in [2.24, 2.45) is 0 Å². The number of carbonyl (C=O) groups is 1. The molecule has 0 saturated heterocycles. The zero-order valence-corrected chi connectivity index (χ0v) is 17.3. The molecule has 0 aromatic heterocycles. The van der Waals surface area contributed by atoms with Crippen molar-refractivity contribution in [1.29, 1.82) is 0 Å². The second kappa shape index (κ2) is 8.57. The first-order chi connectivity index (χ1) is 15.0. The highest BCUT2D eigenvalue weighted by Crippen LogP contribution is 2.33. The van der Waals surface area contributed by atoms with Gasteiger partial charge in [-0.3, -0.25) is 4.79 Å². The Kier molecular flexibility index (Phi) is 5.68. The van der Waals surface area contributed by atoms with Gasteiger partial charge in [0.25, 0.3) is 5.91 Å². The first-order valence-corrected chi connectivity index (χ1v) is 10.8. The van der Waals surface area contributed by atoms with Gasteiger partial charge in [0.05, 0.1) is 12.7 Å². The van der Waals surface area contributed by atoms with Gasteiger partial charge in [-0.15, -0.1) is 0 Å². The van der Waals surface area contributed by atoms with E-state index < -0.39 is 10.1 Å². The van der Waals surface area contributed by atoms with E-state index in [9.17, 15) is 13.2 Å². The lowest BCUT2D eigenvalue weighted by Crippen LogP contribution is -2.16. The number of amides is 1. The van der Waals surface area contributed by atoms with E-state index in [1.54, 1.807) is 36.4 Å². The molecule has 1 amide bonds. The Labute approximate surface area is 179 Å². The molecule has 0 atom stereocenters. The summed E-state index contributed by atoms with van der Waals surface area (Å²) in [6, 6.07) is 17.1. The summed E-state index contributed by atoms with van der Waals surface area (Å²) in [5.41, 5.74) is 0.853. The second-order valence-corrected chi connectivity index (χ2v) is 8.07. The van der Waals surface area contributed by atoms with Crippen molar-refractivity contribution in [3.63, 3.8) is 0 Å². The number of hydrogen-bond donors (Lipinski definition) is 1. The smallest absolute Gasteiger partial charge is 0.339 e. The van der Waals surface area contributed by atoms with Crippen molar-refractivity contribution in [2.75, 3.05) is 25.6 Å². The molecule has 0 unspecified atom stereocenters. The highest BCUT2D eigenvalue weighted by Gasteiger charge is 2.21. The number of benzene rings is 3. The SMILES string of the molecule is COc1ccccc1C(=O)Nc1ccc(OS(=O)(=O)c2ccc3c(c2)OCCO3)cc1. The zero-order valence-electron chi connectivity index (χ0n) is 16.5. The Morgan fingerprint density at radius 1 is 0.935 bits per heavy atom. The molecule has 1 aliphatic heterocycles. The third-order valence-electron chi connectivity index (χ3n) is 4.47. The molecule has 1 N–H and O–H groups in total. The summed E-state index contributed by atoms with van der Waals surface area (Å²) in [7, 11) is -2.59. The summed E-state index contributed by atoms with van der Waals surface area (Å²) in [5.74, 6) is 1.04. The molecule has 1 aliphatic rings. The third kappa shape index (κ3) is 4.56. The van der Waals surface area contributed by atoms with Crippen molar-refractivity contribution >= 4 is 21.7 Å². The van der Waals surface area contributed by atoms with E-state index >= 15 is 0 Å². The van der Waals surface area contributed by atoms with Gasteiger partial charge in [-0.05, 0) is 48.5 Å². The zero-order chi connectivity index (χ0) is 21.8. The van der Waals surface area contributed by atoms with Crippen LogP contribution < -0.4 is 23.7 Å². The van der Waals surface area contributed by atoms with Crippen molar-refractivity contribution < 1.29 is 31.6 Å². The molecular formula is C22H19NO7S. The Hall–Kier alpha value is -3.72. The molecule has 160 valence electrons. The highest BCUT2D eigenvalue weighted by atomic mass is 32.2. The van der Waals surface area contributed by atoms with Crippen LogP contribution in [-0.2, 0) is 10.1 Å². The Balaban J connectivity index is 1.46. The van der Waals surface area contributed by atoms with Crippen LogP contribution >= 0.6 is 0 Å². The predicted octanol–water partition coefficient (Wildman–Crippen LogP) is 3.49.